The molecule has 0 heterocycles. The Bertz CT molecular complexity index is 106. The summed E-state index contributed by atoms with van der Waals surface area (Å²) in [7, 11) is 4.18. The fourth-order valence-corrected chi connectivity index (χ4v) is 0.764. The van der Waals surface area contributed by atoms with Gasteiger partial charge in [0.15, 0.2) is 0 Å². The zero-order valence-electron chi connectivity index (χ0n) is 8.17. The van der Waals surface area contributed by atoms with Gasteiger partial charge in [-0.05, 0) is 33.0 Å². The molecular formula is C9H20N2. The summed E-state index contributed by atoms with van der Waals surface area (Å²) in [4.78, 5) is 6.48. The number of nitrogens with zero attached hydrogens (tertiary/aromatic N) is 2. The standard InChI is InChI=1S/C9H20N2/c1-9(2)8-10-6-5-7-11(3)4/h8-9H,5-7H2,1-4H3. The van der Waals surface area contributed by atoms with Crippen molar-refractivity contribution in [1.29, 1.82) is 0 Å². The molecule has 0 bridgehead atoms. The minimum Gasteiger partial charge on any atom is -0.309 e. The first-order chi connectivity index (χ1) is 5.13. The second kappa shape index (κ2) is 6.35. The van der Waals surface area contributed by atoms with Gasteiger partial charge < -0.3 is 4.90 Å². The van der Waals surface area contributed by atoms with Gasteiger partial charge in [-0.25, -0.2) is 0 Å². The summed E-state index contributed by atoms with van der Waals surface area (Å²) < 4.78 is 0. The number of hydrogen-bond donors (Lipinski definition) is 0. The van der Waals surface area contributed by atoms with Crippen molar-refractivity contribution in [3.63, 3.8) is 0 Å². The monoisotopic (exact) mass is 156 g/mol. The third-order valence-electron chi connectivity index (χ3n) is 1.30. The SMILES string of the molecule is CC(C)C=NCCCN(C)C. The Kier molecular flexibility index (Phi) is 6.13. The zero-order valence-corrected chi connectivity index (χ0v) is 8.17. The van der Waals surface area contributed by atoms with E-state index in [2.05, 4.69) is 37.8 Å². The second-order valence-electron chi connectivity index (χ2n) is 3.46. The fraction of sp³-hybridized carbons (Fsp3) is 0.889. The molecule has 0 aliphatic carbocycles. The predicted octanol–water partition coefficient (Wildman–Crippen LogP) is 1.66. The number of aliphatic imine (C=N–C) groups is 1. The van der Waals surface area contributed by atoms with E-state index in [9.17, 15) is 0 Å². The summed E-state index contributed by atoms with van der Waals surface area (Å²) >= 11 is 0. The van der Waals surface area contributed by atoms with Crippen LogP contribution in [0, 0.1) is 5.92 Å². The maximum absolute atomic E-state index is 4.29. The van der Waals surface area contributed by atoms with Gasteiger partial charge in [0, 0.05) is 12.8 Å². The molecule has 0 aromatic carbocycles. The van der Waals surface area contributed by atoms with E-state index < -0.39 is 0 Å². The maximum atomic E-state index is 4.29. The second-order valence-corrected chi connectivity index (χ2v) is 3.46. The van der Waals surface area contributed by atoms with E-state index in [-0.39, 0.29) is 0 Å². The molecule has 0 rings (SSSR count). The van der Waals surface area contributed by atoms with Crippen molar-refractivity contribution < 1.29 is 0 Å². The van der Waals surface area contributed by atoms with Crippen LogP contribution >= 0.6 is 0 Å². The van der Waals surface area contributed by atoms with E-state index in [0.29, 0.717) is 5.92 Å². The summed E-state index contributed by atoms with van der Waals surface area (Å²) in [6.45, 7) is 6.40. The molecule has 0 unspecified atom stereocenters. The summed E-state index contributed by atoms with van der Waals surface area (Å²) in [6.07, 6.45) is 3.19. The van der Waals surface area contributed by atoms with Gasteiger partial charge in [0.25, 0.3) is 0 Å². The number of hydrogen-bond acceptors (Lipinski definition) is 2. The first-order valence-electron chi connectivity index (χ1n) is 4.27. The van der Waals surface area contributed by atoms with Gasteiger partial charge in [0.1, 0.15) is 0 Å². The number of rotatable bonds is 5. The van der Waals surface area contributed by atoms with Crippen LogP contribution in [0.15, 0.2) is 4.99 Å². The minimum absolute atomic E-state index is 0.592. The molecule has 0 fully saturated rings. The van der Waals surface area contributed by atoms with Gasteiger partial charge >= 0.3 is 0 Å². The molecule has 66 valence electrons. The Morgan fingerprint density at radius 2 is 2.00 bits per heavy atom. The van der Waals surface area contributed by atoms with Gasteiger partial charge in [-0.1, -0.05) is 13.8 Å². The molecule has 0 spiro atoms. The molecule has 2 nitrogen and oxygen atoms in total. The molecule has 0 atom stereocenters. The zero-order chi connectivity index (χ0) is 8.69. The van der Waals surface area contributed by atoms with E-state index in [1.807, 2.05) is 6.21 Å². The lowest BCUT2D eigenvalue weighted by molar-refractivity contribution is 0.403. The molecule has 0 saturated carbocycles. The van der Waals surface area contributed by atoms with Gasteiger partial charge in [0.2, 0.25) is 0 Å². The minimum atomic E-state index is 0.592. The Labute approximate surface area is 70.3 Å². The Morgan fingerprint density at radius 3 is 2.45 bits per heavy atom. The largest absolute Gasteiger partial charge is 0.309 e. The van der Waals surface area contributed by atoms with Crippen LogP contribution in [-0.4, -0.2) is 38.3 Å². The van der Waals surface area contributed by atoms with Crippen molar-refractivity contribution in [2.75, 3.05) is 27.2 Å². The third-order valence-corrected chi connectivity index (χ3v) is 1.30. The van der Waals surface area contributed by atoms with Crippen molar-refractivity contribution in [1.82, 2.24) is 4.90 Å². The van der Waals surface area contributed by atoms with E-state index in [0.717, 1.165) is 19.5 Å². The van der Waals surface area contributed by atoms with Crippen molar-refractivity contribution in [2.24, 2.45) is 10.9 Å². The van der Waals surface area contributed by atoms with Crippen LogP contribution in [0.4, 0.5) is 0 Å². The quantitative estimate of drug-likeness (QED) is 0.436. The van der Waals surface area contributed by atoms with E-state index in [1.165, 1.54) is 0 Å². The molecular weight excluding hydrogens is 136 g/mol. The average molecular weight is 156 g/mol. The van der Waals surface area contributed by atoms with Crippen molar-refractivity contribution >= 4 is 6.21 Å². The highest BCUT2D eigenvalue weighted by Crippen LogP contribution is 1.88. The molecule has 2 heteroatoms. The van der Waals surface area contributed by atoms with Gasteiger partial charge in [-0.3, -0.25) is 4.99 Å². The summed E-state index contributed by atoms with van der Waals surface area (Å²) in [5.74, 6) is 0.592. The van der Waals surface area contributed by atoms with Crippen molar-refractivity contribution in [3.8, 4) is 0 Å². The Balaban J connectivity index is 3.14. The molecule has 0 saturated heterocycles. The lowest BCUT2D eigenvalue weighted by Crippen LogP contribution is -2.13. The van der Waals surface area contributed by atoms with Crippen LogP contribution in [0.25, 0.3) is 0 Å². The molecule has 0 aliphatic heterocycles. The van der Waals surface area contributed by atoms with Crippen molar-refractivity contribution in [3.05, 3.63) is 0 Å². The van der Waals surface area contributed by atoms with Crippen LogP contribution in [0.1, 0.15) is 20.3 Å². The highest BCUT2D eigenvalue weighted by atomic mass is 15.0. The summed E-state index contributed by atoms with van der Waals surface area (Å²) in [5, 5.41) is 0. The smallest absolute Gasteiger partial charge is 0.0397 e. The van der Waals surface area contributed by atoms with E-state index in [1.54, 1.807) is 0 Å². The predicted molar refractivity (Wildman–Crippen MR) is 51.4 cm³/mol. The molecule has 0 aliphatic rings. The van der Waals surface area contributed by atoms with E-state index in [4.69, 9.17) is 0 Å². The summed E-state index contributed by atoms with van der Waals surface area (Å²) in [5.41, 5.74) is 0. The lowest BCUT2D eigenvalue weighted by Gasteiger charge is -2.06. The van der Waals surface area contributed by atoms with Gasteiger partial charge in [-0.2, -0.15) is 0 Å². The van der Waals surface area contributed by atoms with Crippen LogP contribution < -0.4 is 0 Å². The molecule has 11 heavy (non-hydrogen) atoms. The Morgan fingerprint density at radius 1 is 1.36 bits per heavy atom. The molecule has 0 amide bonds. The molecule has 0 aromatic rings. The van der Waals surface area contributed by atoms with E-state index >= 15 is 0 Å². The summed E-state index contributed by atoms with van der Waals surface area (Å²) in [6, 6.07) is 0. The van der Waals surface area contributed by atoms with Crippen LogP contribution in [0.2, 0.25) is 0 Å². The first-order valence-corrected chi connectivity index (χ1v) is 4.27. The fourth-order valence-electron chi connectivity index (χ4n) is 0.764. The first kappa shape index (κ1) is 10.6. The Hall–Kier alpha value is -0.370. The molecule has 0 radical (unpaired) electrons. The van der Waals surface area contributed by atoms with Crippen LogP contribution in [0.3, 0.4) is 0 Å². The molecule has 0 aromatic heterocycles. The van der Waals surface area contributed by atoms with Gasteiger partial charge in [-0.15, -0.1) is 0 Å². The van der Waals surface area contributed by atoms with Crippen LogP contribution in [-0.2, 0) is 0 Å². The van der Waals surface area contributed by atoms with Gasteiger partial charge in [0.05, 0.1) is 0 Å². The lowest BCUT2D eigenvalue weighted by atomic mass is 10.2. The topological polar surface area (TPSA) is 15.6 Å². The third kappa shape index (κ3) is 9.63. The normalized spacial score (nSPS) is 12.2. The molecule has 0 N–H and O–H groups in total. The highest BCUT2D eigenvalue weighted by Gasteiger charge is 1.88. The maximum Gasteiger partial charge on any atom is 0.0397 e. The van der Waals surface area contributed by atoms with Crippen molar-refractivity contribution in [2.45, 2.75) is 20.3 Å². The van der Waals surface area contributed by atoms with Crippen LogP contribution in [0.5, 0.6) is 0 Å². The highest BCUT2D eigenvalue weighted by molar-refractivity contribution is 5.59. The average Bonchev–Trinajstić information content (AvgIpc) is 1.85.